The first-order valence-corrected chi connectivity index (χ1v) is 8.88. The van der Waals surface area contributed by atoms with Crippen molar-refractivity contribution < 1.29 is 9.84 Å². The predicted molar refractivity (Wildman–Crippen MR) is 90.0 cm³/mol. The van der Waals surface area contributed by atoms with Gasteiger partial charge in [0.1, 0.15) is 6.23 Å². The Morgan fingerprint density at radius 3 is 2.36 bits per heavy atom. The highest BCUT2D eigenvalue weighted by molar-refractivity contribution is 5.80. The fourth-order valence-corrected chi connectivity index (χ4v) is 4.93. The third kappa shape index (κ3) is 2.69. The van der Waals surface area contributed by atoms with Gasteiger partial charge in [-0.1, -0.05) is 13.8 Å². The molecule has 2 aliphatic rings. The molecule has 1 heterocycles. The third-order valence-corrected chi connectivity index (χ3v) is 6.69. The summed E-state index contributed by atoms with van der Waals surface area (Å²) in [5.41, 5.74) is 0.0184. The normalized spacial score (nSPS) is 40.3. The monoisotopic (exact) mass is 310 g/mol. The van der Waals surface area contributed by atoms with E-state index in [1.807, 2.05) is 12.0 Å². The van der Waals surface area contributed by atoms with Crippen molar-refractivity contribution in [3.8, 4) is 0 Å². The lowest BCUT2D eigenvalue weighted by atomic mass is 9.52. The number of nitrogens with one attached hydrogen (secondary N) is 1. The molecule has 0 spiro atoms. The summed E-state index contributed by atoms with van der Waals surface area (Å²) in [5.74, 6) is 0.594. The van der Waals surface area contributed by atoms with Crippen molar-refractivity contribution >= 4 is 5.84 Å². The van der Waals surface area contributed by atoms with Gasteiger partial charge >= 0.3 is 0 Å². The molecule has 2 rings (SSSR count). The lowest BCUT2D eigenvalue weighted by Gasteiger charge is -2.59. The zero-order valence-corrected chi connectivity index (χ0v) is 15.0. The molecule has 2 unspecified atom stereocenters. The largest absolute Gasteiger partial charge is 0.381 e. The molecule has 0 radical (unpaired) electrons. The van der Waals surface area contributed by atoms with Crippen LogP contribution in [0.25, 0.3) is 0 Å². The number of methoxy groups -OCH3 is 1. The Kier molecular flexibility index (Phi) is 5.23. The lowest BCUT2D eigenvalue weighted by molar-refractivity contribution is -0.166. The maximum atomic E-state index is 11.2. The Bertz CT molecular complexity index is 402. The summed E-state index contributed by atoms with van der Waals surface area (Å²) in [6, 6.07) is 0.173. The maximum Gasteiger partial charge on any atom is 0.133 e. The Balaban J connectivity index is 2.29. The Morgan fingerprint density at radius 2 is 1.91 bits per heavy atom. The van der Waals surface area contributed by atoms with Gasteiger partial charge in [-0.15, -0.1) is 0 Å². The number of piperidine rings is 1. The molecule has 2 N–H and O–H groups in total. The van der Waals surface area contributed by atoms with Crippen LogP contribution in [-0.2, 0) is 4.74 Å². The molecule has 1 saturated heterocycles. The van der Waals surface area contributed by atoms with E-state index in [2.05, 4.69) is 27.7 Å². The molecule has 0 aromatic rings. The van der Waals surface area contributed by atoms with Crippen LogP contribution < -0.4 is 0 Å². The van der Waals surface area contributed by atoms with E-state index in [1.165, 1.54) is 0 Å². The molecule has 0 bridgehead atoms. The first-order chi connectivity index (χ1) is 10.3. The summed E-state index contributed by atoms with van der Waals surface area (Å²) >= 11 is 0. The molecular weight excluding hydrogens is 276 g/mol. The average Bonchev–Trinajstić information content (AvgIpc) is 2.51. The van der Waals surface area contributed by atoms with Gasteiger partial charge in [0.15, 0.2) is 0 Å². The van der Waals surface area contributed by atoms with Crippen molar-refractivity contribution in [1.82, 2.24) is 4.90 Å². The Morgan fingerprint density at radius 1 is 1.32 bits per heavy atom. The van der Waals surface area contributed by atoms with E-state index in [1.54, 1.807) is 0 Å². The minimum atomic E-state index is -0.548. The predicted octanol–water partition coefficient (Wildman–Crippen LogP) is 3.78. The van der Waals surface area contributed by atoms with Crippen molar-refractivity contribution in [3.63, 3.8) is 0 Å². The SMILES string of the molecule is CCC1(C2(C)CCC(=N)N(C(C)C)C2O)CCC(OC)CC1. The second-order valence-electron chi connectivity index (χ2n) is 7.81. The number of hydrogen-bond donors (Lipinski definition) is 2. The summed E-state index contributed by atoms with van der Waals surface area (Å²) in [7, 11) is 1.81. The highest BCUT2D eigenvalue weighted by Crippen LogP contribution is 2.58. The molecular formula is C18H34N2O2. The van der Waals surface area contributed by atoms with E-state index >= 15 is 0 Å². The van der Waals surface area contributed by atoms with Crippen molar-refractivity contribution in [2.24, 2.45) is 10.8 Å². The van der Waals surface area contributed by atoms with Gasteiger partial charge in [0.05, 0.1) is 11.9 Å². The number of aliphatic hydroxyl groups excluding tert-OH is 1. The second kappa shape index (κ2) is 6.48. The Hall–Kier alpha value is -0.610. The topological polar surface area (TPSA) is 56.6 Å². The summed E-state index contributed by atoms with van der Waals surface area (Å²) in [6.45, 7) is 8.68. The molecule has 0 aromatic carbocycles. The molecule has 22 heavy (non-hydrogen) atoms. The van der Waals surface area contributed by atoms with Crippen LogP contribution in [-0.4, -0.2) is 41.3 Å². The number of likely N-dealkylation sites (tertiary alicyclic amines) is 1. The third-order valence-electron chi connectivity index (χ3n) is 6.69. The molecule has 4 heteroatoms. The van der Waals surface area contributed by atoms with Gasteiger partial charge in [0.25, 0.3) is 0 Å². The fraction of sp³-hybridized carbons (Fsp3) is 0.944. The first-order valence-electron chi connectivity index (χ1n) is 8.88. The second-order valence-corrected chi connectivity index (χ2v) is 7.81. The summed E-state index contributed by atoms with van der Waals surface area (Å²) in [6.07, 6.45) is 7.04. The minimum absolute atomic E-state index is 0.144. The number of amidine groups is 1. The van der Waals surface area contributed by atoms with Crippen molar-refractivity contribution in [3.05, 3.63) is 0 Å². The van der Waals surface area contributed by atoms with Gasteiger partial charge in [0, 0.05) is 25.0 Å². The van der Waals surface area contributed by atoms with Crippen molar-refractivity contribution in [2.45, 2.75) is 91.0 Å². The molecule has 1 aliphatic carbocycles. The zero-order valence-electron chi connectivity index (χ0n) is 15.0. The van der Waals surface area contributed by atoms with Gasteiger partial charge in [-0.2, -0.15) is 0 Å². The molecule has 128 valence electrons. The van der Waals surface area contributed by atoms with Gasteiger partial charge in [-0.05, 0) is 57.8 Å². The van der Waals surface area contributed by atoms with Crippen LogP contribution in [0.3, 0.4) is 0 Å². The standard InChI is InChI=1S/C18H34N2O2/c1-6-18(11-7-14(22-5)8-12-18)17(4)10-9-15(19)20(13(2)3)16(17)21/h13-14,16,19,21H,6-12H2,1-5H3. The van der Waals surface area contributed by atoms with Crippen molar-refractivity contribution in [2.75, 3.05) is 7.11 Å². The highest BCUT2D eigenvalue weighted by atomic mass is 16.5. The molecule has 0 amide bonds. The molecule has 2 fully saturated rings. The van der Waals surface area contributed by atoms with E-state index in [0.29, 0.717) is 11.9 Å². The van der Waals surface area contributed by atoms with Crippen molar-refractivity contribution in [1.29, 1.82) is 5.41 Å². The number of aliphatic hydroxyl groups is 1. The molecule has 1 saturated carbocycles. The van der Waals surface area contributed by atoms with E-state index in [9.17, 15) is 5.11 Å². The molecule has 0 aromatic heterocycles. The number of ether oxygens (including phenoxy) is 1. The van der Waals surface area contributed by atoms with E-state index in [0.717, 1.165) is 44.9 Å². The van der Waals surface area contributed by atoms with Crippen LogP contribution in [0, 0.1) is 16.2 Å². The van der Waals surface area contributed by atoms with Gasteiger partial charge < -0.3 is 14.7 Å². The summed E-state index contributed by atoms with van der Waals surface area (Å²) in [5, 5.41) is 19.4. The molecule has 2 atom stereocenters. The number of nitrogens with zero attached hydrogens (tertiary/aromatic N) is 1. The fourth-order valence-electron chi connectivity index (χ4n) is 4.93. The zero-order chi connectivity index (χ0) is 16.5. The molecule has 4 nitrogen and oxygen atoms in total. The average molecular weight is 310 g/mol. The van der Waals surface area contributed by atoms with Crippen LogP contribution >= 0.6 is 0 Å². The summed E-state index contributed by atoms with van der Waals surface area (Å²) in [4.78, 5) is 1.93. The quantitative estimate of drug-likeness (QED) is 0.831. The Labute approximate surface area is 135 Å². The number of hydrogen-bond acceptors (Lipinski definition) is 3. The number of rotatable bonds is 4. The van der Waals surface area contributed by atoms with Gasteiger partial charge in [-0.25, -0.2) is 0 Å². The van der Waals surface area contributed by atoms with Gasteiger partial charge in [-0.3, -0.25) is 5.41 Å². The van der Waals surface area contributed by atoms with Crippen LogP contribution in [0.15, 0.2) is 0 Å². The molecule has 1 aliphatic heterocycles. The summed E-state index contributed by atoms with van der Waals surface area (Å²) < 4.78 is 5.55. The van der Waals surface area contributed by atoms with Crippen LogP contribution in [0.5, 0.6) is 0 Å². The van der Waals surface area contributed by atoms with E-state index in [4.69, 9.17) is 10.1 Å². The van der Waals surface area contributed by atoms with E-state index in [-0.39, 0.29) is 16.9 Å². The highest BCUT2D eigenvalue weighted by Gasteiger charge is 2.56. The van der Waals surface area contributed by atoms with Crippen LogP contribution in [0.1, 0.15) is 72.6 Å². The first kappa shape index (κ1) is 17.7. The van der Waals surface area contributed by atoms with Crippen LogP contribution in [0.4, 0.5) is 0 Å². The lowest BCUT2D eigenvalue weighted by Crippen LogP contribution is -2.62. The minimum Gasteiger partial charge on any atom is -0.381 e. The maximum absolute atomic E-state index is 11.2. The smallest absolute Gasteiger partial charge is 0.133 e. The van der Waals surface area contributed by atoms with E-state index < -0.39 is 6.23 Å². The van der Waals surface area contributed by atoms with Crippen LogP contribution in [0.2, 0.25) is 0 Å². The van der Waals surface area contributed by atoms with Gasteiger partial charge in [0.2, 0.25) is 0 Å².